The van der Waals surface area contributed by atoms with Crippen LogP contribution in [0.25, 0.3) is 0 Å². The third kappa shape index (κ3) is 14.2. The Labute approximate surface area is 319 Å². The normalized spacial score (nSPS) is 21.9. The van der Waals surface area contributed by atoms with E-state index in [1.54, 1.807) is 41.5 Å². The van der Waals surface area contributed by atoms with Crippen molar-refractivity contribution in [3.63, 3.8) is 0 Å². The zero-order valence-corrected chi connectivity index (χ0v) is 32.4. The van der Waals surface area contributed by atoms with Crippen molar-refractivity contribution in [2.75, 3.05) is 26.3 Å². The maximum Gasteiger partial charge on any atom is 0.320 e. The number of aliphatic hydroxyl groups is 2. The smallest absolute Gasteiger partial charge is 0.320 e. The molecule has 0 spiro atoms. The fourth-order valence-electron chi connectivity index (χ4n) is 6.40. The number of hydrogen-bond acceptors (Lipinski definition) is 12. The Bertz CT molecular complexity index is 1440. The molecule has 12 nitrogen and oxygen atoms in total. The van der Waals surface area contributed by atoms with Gasteiger partial charge in [-0.25, -0.2) is 0 Å². The lowest BCUT2D eigenvalue weighted by Crippen LogP contribution is -2.76. The highest BCUT2D eigenvalue weighted by molar-refractivity contribution is 5.72. The number of ether oxygens (including phenoxy) is 5. The van der Waals surface area contributed by atoms with Crippen LogP contribution < -0.4 is 16.0 Å². The van der Waals surface area contributed by atoms with Gasteiger partial charge in [-0.05, 0) is 58.2 Å². The minimum absolute atomic E-state index is 0.178. The van der Waals surface area contributed by atoms with Gasteiger partial charge in [0.05, 0.1) is 88.6 Å². The molecule has 1 aliphatic carbocycles. The first-order chi connectivity index (χ1) is 25.8. The number of benzene rings is 3. The first-order valence-corrected chi connectivity index (χ1v) is 18.6. The summed E-state index contributed by atoms with van der Waals surface area (Å²) in [6, 6.07) is 26.2. The molecule has 4 unspecified atom stereocenters. The van der Waals surface area contributed by atoms with E-state index < -0.39 is 65.6 Å². The summed E-state index contributed by atoms with van der Waals surface area (Å²) < 4.78 is 31.8. The van der Waals surface area contributed by atoms with Gasteiger partial charge in [0, 0.05) is 0 Å². The molecule has 4 rings (SSSR count). The Balaban J connectivity index is 1.83. The van der Waals surface area contributed by atoms with Crippen molar-refractivity contribution in [1.82, 2.24) is 16.0 Å². The van der Waals surface area contributed by atoms with Crippen molar-refractivity contribution in [3.8, 4) is 0 Å². The standard InChI is InChI=1S/C42H59N3O9/c1-41(2,3)53-33(48)22-43-35-38(50-26-29-16-10-7-11-17-29)36(44-23-34(49)54-42(4,5)6)40(52-28-31-20-14-9-15-21-31)37(45-32(24-46)25-47)39(35)51-27-30-18-12-8-13-19-30/h7-21,32,35-40,43-47H,22-28H2,1-6H3. The average Bonchev–Trinajstić information content (AvgIpc) is 3.13. The Hall–Kier alpha value is -3.72. The predicted octanol–water partition coefficient (Wildman–Crippen LogP) is 3.67. The maximum atomic E-state index is 13.2. The Morgan fingerprint density at radius 2 is 0.870 bits per heavy atom. The summed E-state index contributed by atoms with van der Waals surface area (Å²) in [7, 11) is 0. The van der Waals surface area contributed by atoms with E-state index >= 15 is 0 Å². The van der Waals surface area contributed by atoms with Gasteiger partial charge in [-0.3, -0.25) is 20.2 Å². The van der Waals surface area contributed by atoms with Gasteiger partial charge in [-0.2, -0.15) is 0 Å². The van der Waals surface area contributed by atoms with Crippen LogP contribution in [0.5, 0.6) is 0 Å². The molecule has 4 atom stereocenters. The molecular formula is C42H59N3O9. The summed E-state index contributed by atoms with van der Waals surface area (Å²) in [4.78, 5) is 26.5. The third-order valence-corrected chi connectivity index (χ3v) is 8.65. The van der Waals surface area contributed by atoms with E-state index in [-0.39, 0.29) is 46.1 Å². The van der Waals surface area contributed by atoms with Crippen molar-refractivity contribution in [3.05, 3.63) is 108 Å². The highest BCUT2D eigenvalue weighted by Gasteiger charge is 2.53. The Morgan fingerprint density at radius 3 is 1.17 bits per heavy atom. The van der Waals surface area contributed by atoms with E-state index in [0.29, 0.717) is 0 Å². The SMILES string of the molecule is CC(C)(C)OC(=O)CNC1C(OCc2ccccc2)C(NCC(=O)OC(C)(C)C)C(OCc2ccccc2)C(NC(CO)CO)C1OCc1ccccc1. The van der Waals surface area contributed by atoms with Gasteiger partial charge in [0.2, 0.25) is 0 Å². The highest BCUT2D eigenvalue weighted by atomic mass is 16.6. The molecule has 12 heteroatoms. The number of esters is 2. The van der Waals surface area contributed by atoms with Crippen molar-refractivity contribution in [2.45, 2.75) is 115 Å². The van der Waals surface area contributed by atoms with Crippen LogP contribution in [0, 0.1) is 0 Å². The molecule has 0 radical (unpaired) electrons. The average molecular weight is 750 g/mol. The number of aliphatic hydroxyl groups excluding tert-OH is 2. The molecule has 0 aliphatic heterocycles. The molecule has 3 aromatic carbocycles. The molecular weight excluding hydrogens is 690 g/mol. The van der Waals surface area contributed by atoms with Gasteiger partial charge in [0.25, 0.3) is 0 Å². The third-order valence-electron chi connectivity index (χ3n) is 8.65. The van der Waals surface area contributed by atoms with Gasteiger partial charge < -0.3 is 39.2 Å². The fraction of sp³-hybridized carbons (Fsp3) is 0.524. The van der Waals surface area contributed by atoms with Crippen LogP contribution in [0.4, 0.5) is 0 Å². The number of rotatable bonds is 19. The topological polar surface area (TPSA) is 157 Å². The molecule has 0 saturated heterocycles. The molecule has 3 aromatic rings. The Kier molecular flexibility index (Phi) is 16.6. The molecule has 0 bridgehead atoms. The lowest BCUT2D eigenvalue weighted by atomic mass is 9.78. The van der Waals surface area contributed by atoms with Crippen molar-refractivity contribution < 1.29 is 43.5 Å². The molecule has 1 saturated carbocycles. The van der Waals surface area contributed by atoms with Gasteiger partial charge in [-0.15, -0.1) is 0 Å². The summed E-state index contributed by atoms with van der Waals surface area (Å²) in [6.45, 7) is 10.3. The van der Waals surface area contributed by atoms with Crippen molar-refractivity contribution >= 4 is 11.9 Å². The number of nitrogens with one attached hydrogen (secondary N) is 3. The number of carbonyl (C=O) groups excluding carboxylic acids is 2. The van der Waals surface area contributed by atoms with E-state index in [4.69, 9.17) is 23.7 Å². The summed E-state index contributed by atoms with van der Waals surface area (Å²) in [5.41, 5.74) is 1.31. The second-order valence-corrected chi connectivity index (χ2v) is 15.5. The quantitative estimate of drug-likeness (QED) is 0.114. The fourth-order valence-corrected chi connectivity index (χ4v) is 6.40. The van der Waals surface area contributed by atoms with Crippen LogP contribution in [0.15, 0.2) is 91.0 Å². The first-order valence-electron chi connectivity index (χ1n) is 18.6. The summed E-state index contributed by atoms with van der Waals surface area (Å²) in [5.74, 6) is -0.945. The van der Waals surface area contributed by atoms with E-state index in [2.05, 4.69) is 16.0 Å². The number of carbonyl (C=O) groups is 2. The van der Waals surface area contributed by atoms with Crippen LogP contribution in [0.3, 0.4) is 0 Å². The van der Waals surface area contributed by atoms with E-state index in [1.165, 1.54) is 0 Å². The van der Waals surface area contributed by atoms with Gasteiger partial charge in [-0.1, -0.05) is 91.0 Å². The van der Waals surface area contributed by atoms with Gasteiger partial charge in [0.15, 0.2) is 0 Å². The zero-order chi connectivity index (χ0) is 39.1. The summed E-state index contributed by atoms with van der Waals surface area (Å²) in [6.07, 6.45) is -2.31. The lowest BCUT2D eigenvalue weighted by molar-refractivity contribution is -0.171. The molecule has 0 aromatic heterocycles. The molecule has 54 heavy (non-hydrogen) atoms. The molecule has 296 valence electrons. The van der Waals surface area contributed by atoms with E-state index in [1.807, 2.05) is 91.0 Å². The highest BCUT2D eigenvalue weighted by Crippen LogP contribution is 2.31. The maximum absolute atomic E-state index is 13.2. The van der Waals surface area contributed by atoms with Crippen LogP contribution in [-0.4, -0.2) is 102 Å². The molecule has 1 fully saturated rings. The van der Waals surface area contributed by atoms with Crippen LogP contribution >= 0.6 is 0 Å². The Morgan fingerprint density at radius 1 is 0.556 bits per heavy atom. The summed E-state index contributed by atoms with van der Waals surface area (Å²) >= 11 is 0. The second kappa shape index (κ2) is 20.8. The largest absolute Gasteiger partial charge is 0.459 e. The first kappa shape index (κ1) is 43.0. The van der Waals surface area contributed by atoms with Crippen molar-refractivity contribution in [1.29, 1.82) is 0 Å². The van der Waals surface area contributed by atoms with Crippen LogP contribution in [0.1, 0.15) is 58.2 Å². The molecule has 1 aliphatic rings. The molecule has 0 heterocycles. The summed E-state index contributed by atoms with van der Waals surface area (Å²) in [5, 5.41) is 30.9. The van der Waals surface area contributed by atoms with Crippen molar-refractivity contribution in [2.24, 2.45) is 0 Å². The lowest BCUT2D eigenvalue weighted by Gasteiger charge is -2.52. The van der Waals surface area contributed by atoms with Gasteiger partial charge >= 0.3 is 11.9 Å². The second-order valence-electron chi connectivity index (χ2n) is 15.5. The van der Waals surface area contributed by atoms with Gasteiger partial charge in [0.1, 0.15) is 11.2 Å². The minimum Gasteiger partial charge on any atom is -0.459 e. The molecule has 5 N–H and O–H groups in total. The number of hydrogen-bond donors (Lipinski definition) is 5. The van der Waals surface area contributed by atoms with Crippen LogP contribution in [-0.2, 0) is 53.1 Å². The van der Waals surface area contributed by atoms with E-state index in [9.17, 15) is 19.8 Å². The molecule has 0 amide bonds. The zero-order valence-electron chi connectivity index (χ0n) is 32.4. The predicted molar refractivity (Wildman–Crippen MR) is 205 cm³/mol. The monoisotopic (exact) mass is 749 g/mol. The van der Waals surface area contributed by atoms with Crippen LogP contribution in [0.2, 0.25) is 0 Å². The minimum atomic E-state index is -0.769. The van der Waals surface area contributed by atoms with E-state index in [0.717, 1.165) is 16.7 Å².